The summed E-state index contributed by atoms with van der Waals surface area (Å²) >= 11 is 1.54. The lowest BCUT2D eigenvalue weighted by Crippen LogP contribution is -2.44. The number of nitrogens with zero attached hydrogens (tertiary/aromatic N) is 4. The summed E-state index contributed by atoms with van der Waals surface area (Å²) in [5, 5.41) is 4.84. The highest BCUT2D eigenvalue weighted by Gasteiger charge is 2.15. The van der Waals surface area contributed by atoms with Crippen LogP contribution < -0.4 is 15.0 Å². The molecule has 150 valence electrons. The third-order valence-electron chi connectivity index (χ3n) is 4.82. The SMILES string of the molecule is CN1CCN(c2ccc(NC(=O)c3ccc(OCc4cscn4)cc3)cn2)CC1. The Hall–Kier alpha value is -2.97. The van der Waals surface area contributed by atoms with Crippen molar-refractivity contribution < 1.29 is 9.53 Å². The summed E-state index contributed by atoms with van der Waals surface area (Å²) in [6.45, 7) is 4.41. The number of aromatic nitrogens is 2. The molecule has 1 N–H and O–H groups in total. The normalized spacial score (nSPS) is 14.6. The molecule has 0 bridgehead atoms. The number of thiazole rings is 1. The molecule has 1 aliphatic heterocycles. The van der Waals surface area contributed by atoms with Crippen LogP contribution in [0.1, 0.15) is 16.1 Å². The van der Waals surface area contributed by atoms with Crippen molar-refractivity contribution in [3.05, 3.63) is 64.7 Å². The topological polar surface area (TPSA) is 70.6 Å². The Morgan fingerprint density at radius 3 is 2.55 bits per heavy atom. The van der Waals surface area contributed by atoms with E-state index in [0.717, 1.165) is 37.7 Å². The van der Waals surface area contributed by atoms with Gasteiger partial charge in [-0.15, -0.1) is 11.3 Å². The van der Waals surface area contributed by atoms with Gasteiger partial charge in [-0.05, 0) is 43.4 Å². The van der Waals surface area contributed by atoms with Gasteiger partial charge in [-0.25, -0.2) is 9.97 Å². The van der Waals surface area contributed by atoms with Gasteiger partial charge >= 0.3 is 0 Å². The molecular formula is C21H23N5O2S. The number of amides is 1. The monoisotopic (exact) mass is 409 g/mol. The zero-order valence-corrected chi connectivity index (χ0v) is 17.1. The second-order valence-electron chi connectivity index (χ2n) is 6.94. The maximum absolute atomic E-state index is 12.5. The zero-order chi connectivity index (χ0) is 20.1. The van der Waals surface area contributed by atoms with Gasteiger partial charge in [0.05, 0.1) is 23.1 Å². The van der Waals surface area contributed by atoms with Crippen LogP contribution in [0.4, 0.5) is 11.5 Å². The maximum atomic E-state index is 12.5. The molecule has 0 atom stereocenters. The molecule has 29 heavy (non-hydrogen) atoms. The standard InChI is InChI=1S/C21H23N5O2S/c1-25-8-10-26(11-9-25)20-7-4-17(12-22-20)24-21(27)16-2-5-19(6-3-16)28-13-18-14-29-15-23-18/h2-7,12,14-15H,8-11,13H2,1H3,(H,24,27). The van der Waals surface area contributed by atoms with Gasteiger partial charge in [0.15, 0.2) is 0 Å². The van der Waals surface area contributed by atoms with Crippen molar-refractivity contribution in [2.24, 2.45) is 0 Å². The molecule has 3 heterocycles. The Morgan fingerprint density at radius 2 is 1.90 bits per heavy atom. The number of carbonyl (C=O) groups is 1. The average Bonchev–Trinajstić information content (AvgIpc) is 3.27. The second kappa shape index (κ2) is 9.02. The molecular weight excluding hydrogens is 386 g/mol. The van der Waals surface area contributed by atoms with Crippen LogP contribution in [0.3, 0.4) is 0 Å². The first-order valence-electron chi connectivity index (χ1n) is 9.48. The van der Waals surface area contributed by atoms with E-state index in [9.17, 15) is 4.79 Å². The number of anilines is 2. The highest BCUT2D eigenvalue weighted by molar-refractivity contribution is 7.07. The van der Waals surface area contributed by atoms with E-state index >= 15 is 0 Å². The van der Waals surface area contributed by atoms with Crippen molar-refractivity contribution >= 4 is 28.7 Å². The number of hydrogen-bond acceptors (Lipinski definition) is 7. The van der Waals surface area contributed by atoms with E-state index in [-0.39, 0.29) is 5.91 Å². The van der Waals surface area contributed by atoms with Gasteiger partial charge < -0.3 is 19.9 Å². The lowest BCUT2D eigenvalue weighted by Gasteiger charge is -2.33. The fourth-order valence-corrected chi connectivity index (χ4v) is 3.60. The molecule has 7 nitrogen and oxygen atoms in total. The number of carbonyl (C=O) groups excluding carboxylic acids is 1. The molecule has 3 aromatic rings. The Bertz CT molecular complexity index is 921. The number of benzene rings is 1. The molecule has 0 spiro atoms. The minimum atomic E-state index is -0.176. The van der Waals surface area contributed by atoms with Crippen molar-refractivity contribution in [1.29, 1.82) is 0 Å². The van der Waals surface area contributed by atoms with Crippen LogP contribution in [0.2, 0.25) is 0 Å². The minimum absolute atomic E-state index is 0.176. The smallest absolute Gasteiger partial charge is 0.255 e. The fraction of sp³-hybridized carbons (Fsp3) is 0.286. The molecule has 0 unspecified atom stereocenters. The first-order valence-corrected chi connectivity index (χ1v) is 10.4. The predicted octanol–water partition coefficient (Wildman–Crippen LogP) is 3.12. The quantitative estimate of drug-likeness (QED) is 0.675. The van der Waals surface area contributed by atoms with Crippen LogP contribution in [0.5, 0.6) is 5.75 Å². The average molecular weight is 410 g/mol. The molecule has 4 rings (SSSR count). The zero-order valence-electron chi connectivity index (χ0n) is 16.2. The summed E-state index contributed by atoms with van der Waals surface area (Å²) in [5.41, 5.74) is 3.91. The van der Waals surface area contributed by atoms with Crippen molar-refractivity contribution in [1.82, 2.24) is 14.9 Å². The molecule has 1 amide bonds. The number of rotatable bonds is 6. The van der Waals surface area contributed by atoms with E-state index in [1.165, 1.54) is 11.3 Å². The molecule has 1 aromatic carbocycles. The summed E-state index contributed by atoms with van der Waals surface area (Å²) < 4.78 is 5.68. The largest absolute Gasteiger partial charge is 0.487 e. The Morgan fingerprint density at radius 1 is 1.10 bits per heavy atom. The number of hydrogen-bond donors (Lipinski definition) is 1. The molecule has 8 heteroatoms. The van der Waals surface area contributed by atoms with Gasteiger partial charge in [0.1, 0.15) is 18.2 Å². The van der Waals surface area contributed by atoms with Crippen LogP contribution in [0, 0.1) is 0 Å². The number of nitrogens with one attached hydrogen (secondary N) is 1. The number of piperazine rings is 1. The number of likely N-dealkylation sites (N-methyl/N-ethyl adjacent to an activating group) is 1. The van der Waals surface area contributed by atoms with Crippen molar-refractivity contribution in [3.8, 4) is 5.75 Å². The number of pyridine rings is 1. The van der Waals surface area contributed by atoms with Gasteiger partial charge in [-0.2, -0.15) is 0 Å². The van der Waals surface area contributed by atoms with Gasteiger partial charge in [-0.3, -0.25) is 4.79 Å². The molecule has 1 saturated heterocycles. The summed E-state index contributed by atoms with van der Waals surface area (Å²) in [4.78, 5) is 25.7. The van der Waals surface area contributed by atoms with Crippen LogP contribution in [-0.2, 0) is 6.61 Å². The van der Waals surface area contributed by atoms with Crippen LogP contribution in [0.15, 0.2) is 53.5 Å². The van der Waals surface area contributed by atoms with E-state index in [4.69, 9.17) is 4.74 Å². The predicted molar refractivity (Wildman–Crippen MR) is 115 cm³/mol. The molecule has 1 aliphatic rings. The third kappa shape index (κ3) is 5.10. The van der Waals surface area contributed by atoms with Crippen molar-refractivity contribution in [2.45, 2.75) is 6.61 Å². The van der Waals surface area contributed by atoms with Gasteiger partial charge in [-0.1, -0.05) is 0 Å². The maximum Gasteiger partial charge on any atom is 0.255 e. The van der Waals surface area contributed by atoms with E-state index in [0.29, 0.717) is 23.6 Å². The molecule has 0 radical (unpaired) electrons. The Balaban J connectivity index is 1.31. The van der Waals surface area contributed by atoms with Crippen LogP contribution >= 0.6 is 11.3 Å². The van der Waals surface area contributed by atoms with Gasteiger partial charge in [0, 0.05) is 37.1 Å². The number of ether oxygens (including phenoxy) is 1. The lowest BCUT2D eigenvalue weighted by atomic mass is 10.2. The third-order valence-corrected chi connectivity index (χ3v) is 5.45. The van der Waals surface area contributed by atoms with Crippen molar-refractivity contribution in [2.75, 3.05) is 43.4 Å². The Labute approximate surface area is 174 Å². The molecule has 0 saturated carbocycles. The first kappa shape index (κ1) is 19.4. The fourth-order valence-electron chi connectivity index (χ4n) is 3.05. The highest BCUT2D eigenvalue weighted by atomic mass is 32.1. The second-order valence-corrected chi connectivity index (χ2v) is 7.66. The molecule has 0 aliphatic carbocycles. The van der Waals surface area contributed by atoms with Crippen LogP contribution in [-0.4, -0.2) is 54.0 Å². The summed E-state index contributed by atoms with van der Waals surface area (Å²) in [5.74, 6) is 1.47. The van der Waals surface area contributed by atoms with E-state index in [1.54, 1.807) is 36.0 Å². The molecule has 2 aromatic heterocycles. The summed E-state index contributed by atoms with van der Waals surface area (Å²) in [7, 11) is 2.13. The summed E-state index contributed by atoms with van der Waals surface area (Å²) in [6, 6.07) is 10.9. The van der Waals surface area contributed by atoms with Crippen LogP contribution in [0.25, 0.3) is 0 Å². The van der Waals surface area contributed by atoms with E-state index in [1.807, 2.05) is 17.5 Å². The van der Waals surface area contributed by atoms with E-state index in [2.05, 4.69) is 32.1 Å². The van der Waals surface area contributed by atoms with Gasteiger partial charge in [0.2, 0.25) is 0 Å². The van der Waals surface area contributed by atoms with E-state index < -0.39 is 0 Å². The Kier molecular flexibility index (Phi) is 6.02. The highest BCUT2D eigenvalue weighted by Crippen LogP contribution is 2.18. The first-order chi connectivity index (χ1) is 14.2. The van der Waals surface area contributed by atoms with Crippen molar-refractivity contribution in [3.63, 3.8) is 0 Å². The van der Waals surface area contributed by atoms with Gasteiger partial charge in [0.25, 0.3) is 5.91 Å². The molecule has 1 fully saturated rings. The minimum Gasteiger partial charge on any atom is -0.487 e. The summed E-state index contributed by atoms with van der Waals surface area (Å²) in [6.07, 6.45) is 1.71. The lowest BCUT2D eigenvalue weighted by molar-refractivity contribution is 0.102.